The maximum Gasteiger partial charge on any atom is 0.276 e. The summed E-state index contributed by atoms with van der Waals surface area (Å²) in [5.41, 5.74) is 4.53. The zero-order valence-corrected chi connectivity index (χ0v) is 20.3. The molecule has 4 heterocycles. The molecule has 1 aliphatic heterocycles. The zero-order chi connectivity index (χ0) is 24.6. The number of aromatic nitrogens is 3. The summed E-state index contributed by atoms with van der Waals surface area (Å²) in [6.07, 6.45) is 3.56. The first-order chi connectivity index (χ1) is 17.6. The highest BCUT2D eigenvalue weighted by atomic mass is 35.5. The molecule has 7 nitrogen and oxygen atoms in total. The van der Waals surface area contributed by atoms with Crippen molar-refractivity contribution >= 4 is 39.9 Å². The number of piperazine rings is 1. The second-order valence-electron chi connectivity index (χ2n) is 8.96. The summed E-state index contributed by atoms with van der Waals surface area (Å²) in [4.78, 5) is 35.2. The molecule has 5 aromatic rings. The van der Waals surface area contributed by atoms with Crippen molar-refractivity contribution in [2.45, 2.75) is 6.54 Å². The molecule has 0 N–H and O–H groups in total. The first kappa shape index (κ1) is 22.4. The van der Waals surface area contributed by atoms with Gasteiger partial charge in [0.2, 0.25) is 0 Å². The molecule has 1 amide bonds. The van der Waals surface area contributed by atoms with Gasteiger partial charge >= 0.3 is 0 Å². The molecule has 180 valence electrons. The van der Waals surface area contributed by atoms with Crippen LogP contribution in [-0.2, 0) is 6.54 Å². The van der Waals surface area contributed by atoms with Crippen LogP contribution in [0.1, 0.15) is 15.9 Å². The second kappa shape index (κ2) is 9.17. The van der Waals surface area contributed by atoms with Gasteiger partial charge in [0.15, 0.2) is 5.65 Å². The molecule has 1 saturated heterocycles. The maximum absolute atomic E-state index is 13.3. The smallest absolute Gasteiger partial charge is 0.276 e. The van der Waals surface area contributed by atoms with Gasteiger partial charge in [0, 0.05) is 54.8 Å². The average Bonchev–Trinajstić information content (AvgIpc) is 3.42. The third kappa shape index (κ3) is 4.01. The number of benzene rings is 2. The normalized spacial score (nSPS) is 14.0. The predicted molar refractivity (Wildman–Crippen MR) is 142 cm³/mol. The van der Waals surface area contributed by atoms with Gasteiger partial charge in [0.1, 0.15) is 5.52 Å². The average molecular weight is 498 g/mol. The van der Waals surface area contributed by atoms with Crippen LogP contribution in [0.2, 0.25) is 5.02 Å². The number of nitrogens with zero attached hydrogens (tertiary/aromatic N) is 5. The summed E-state index contributed by atoms with van der Waals surface area (Å²) in [6.45, 7) is 3.09. The lowest BCUT2D eigenvalue weighted by Crippen LogP contribution is -2.48. The van der Waals surface area contributed by atoms with E-state index < -0.39 is 0 Å². The summed E-state index contributed by atoms with van der Waals surface area (Å²) in [5, 5.41) is 0.709. The third-order valence-corrected chi connectivity index (χ3v) is 6.98. The molecule has 0 bridgehead atoms. The van der Waals surface area contributed by atoms with Crippen LogP contribution in [-0.4, -0.2) is 50.9 Å². The third-order valence-electron chi connectivity index (χ3n) is 6.75. The standard InChI is InChI=1S/C28H24ClN5O2/c29-22-7-2-8-23(18-22)31-13-15-32(16-14-31)27(35)21-6-1-5-20(17-21)19-34-26-24(9-3-11-30-26)33-12-4-10-25(33)28(34)36/h1-12,17-18H,13-16,19H2. The van der Waals surface area contributed by atoms with E-state index >= 15 is 0 Å². The van der Waals surface area contributed by atoms with Gasteiger partial charge < -0.3 is 14.2 Å². The lowest BCUT2D eigenvalue weighted by Gasteiger charge is -2.36. The molecule has 8 heteroatoms. The predicted octanol–water partition coefficient (Wildman–Crippen LogP) is 4.31. The molecule has 3 aromatic heterocycles. The van der Waals surface area contributed by atoms with Crippen molar-refractivity contribution < 1.29 is 4.79 Å². The fourth-order valence-electron chi connectivity index (χ4n) is 4.94. The summed E-state index contributed by atoms with van der Waals surface area (Å²) in [5.74, 6) is -0.0000312. The molecule has 0 radical (unpaired) electrons. The summed E-state index contributed by atoms with van der Waals surface area (Å²) in [7, 11) is 0. The number of amides is 1. The van der Waals surface area contributed by atoms with Crippen LogP contribution in [0.25, 0.3) is 16.7 Å². The van der Waals surface area contributed by atoms with E-state index in [4.69, 9.17) is 11.6 Å². The number of hydrogen-bond acceptors (Lipinski definition) is 4. The Bertz CT molecular complexity index is 1650. The van der Waals surface area contributed by atoms with Gasteiger partial charge in [-0.15, -0.1) is 0 Å². The molecular formula is C28H24ClN5O2. The van der Waals surface area contributed by atoms with Gasteiger partial charge in [-0.25, -0.2) is 4.98 Å². The topological polar surface area (TPSA) is 62.9 Å². The fourth-order valence-corrected chi connectivity index (χ4v) is 5.12. The van der Waals surface area contributed by atoms with Crippen LogP contribution in [0.3, 0.4) is 0 Å². The van der Waals surface area contributed by atoms with Gasteiger partial charge in [0.05, 0.1) is 12.1 Å². The van der Waals surface area contributed by atoms with Crippen LogP contribution in [0.15, 0.2) is 90.0 Å². The fraction of sp³-hybridized carbons (Fsp3) is 0.179. The summed E-state index contributed by atoms with van der Waals surface area (Å²) in [6, 6.07) is 22.8. The van der Waals surface area contributed by atoms with Crippen LogP contribution >= 0.6 is 11.6 Å². The van der Waals surface area contributed by atoms with Crippen molar-refractivity contribution in [3.63, 3.8) is 0 Å². The molecule has 0 saturated carbocycles. The molecular weight excluding hydrogens is 474 g/mol. The summed E-state index contributed by atoms with van der Waals surface area (Å²) >= 11 is 6.14. The Labute approximate surface area is 212 Å². The van der Waals surface area contributed by atoms with E-state index in [1.54, 1.807) is 10.8 Å². The van der Waals surface area contributed by atoms with E-state index in [0.717, 1.165) is 29.9 Å². The Morgan fingerprint density at radius 3 is 2.53 bits per heavy atom. The Hall–Kier alpha value is -4.10. The lowest BCUT2D eigenvalue weighted by molar-refractivity contribution is 0.0746. The number of halogens is 1. The highest BCUT2D eigenvalue weighted by molar-refractivity contribution is 6.30. The van der Waals surface area contributed by atoms with E-state index in [1.807, 2.05) is 88.3 Å². The van der Waals surface area contributed by atoms with Crippen molar-refractivity contribution in [2.75, 3.05) is 31.1 Å². The molecule has 0 aliphatic carbocycles. The molecule has 36 heavy (non-hydrogen) atoms. The van der Waals surface area contributed by atoms with E-state index in [1.165, 1.54) is 0 Å². The van der Waals surface area contributed by atoms with E-state index in [2.05, 4.69) is 9.88 Å². The number of fused-ring (bicyclic) bond motifs is 3. The number of hydrogen-bond donors (Lipinski definition) is 0. The van der Waals surface area contributed by atoms with E-state index in [9.17, 15) is 9.59 Å². The van der Waals surface area contributed by atoms with Gasteiger partial charge in [-0.3, -0.25) is 14.2 Å². The minimum absolute atomic E-state index is 0.0000312. The quantitative estimate of drug-likeness (QED) is 0.371. The molecule has 1 aliphatic rings. The van der Waals surface area contributed by atoms with Crippen molar-refractivity contribution in [1.82, 2.24) is 18.9 Å². The Morgan fingerprint density at radius 1 is 0.889 bits per heavy atom. The SMILES string of the molecule is O=C(c1cccc(Cn2c(=O)c3cccn3c3cccnc32)c1)N1CCN(c2cccc(Cl)c2)CC1. The highest BCUT2D eigenvalue weighted by Gasteiger charge is 2.23. The molecule has 0 spiro atoms. The Kier molecular flexibility index (Phi) is 5.70. The van der Waals surface area contributed by atoms with Gasteiger partial charge in [-0.2, -0.15) is 0 Å². The molecule has 0 unspecified atom stereocenters. The number of pyridine rings is 1. The lowest BCUT2D eigenvalue weighted by atomic mass is 10.1. The van der Waals surface area contributed by atoms with Gasteiger partial charge in [-0.1, -0.05) is 29.8 Å². The molecule has 6 rings (SSSR count). The highest BCUT2D eigenvalue weighted by Crippen LogP contribution is 2.22. The monoisotopic (exact) mass is 497 g/mol. The van der Waals surface area contributed by atoms with Gasteiger partial charge in [0.25, 0.3) is 11.5 Å². The molecule has 0 atom stereocenters. The van der Waals surface area contributed by atoms with Crippen LogP contribution in [0.4, 0.5) is 5.69 Å². The number of anilines is 1. The summed E-state index contributed by atoms with van der Waals surface area (Å²) < 4.78 is 3.54. The minimum atomic E-state index is -0.111. The molecule has 2 aromatic carbocycles. The number of carbonyl (C=O) groups is 1. The van der Waals surface area contributed by atoms with Crippen molar-refractivity contribution in [1.29, 1.82) is 0 Å². The van der Waals surface area contributed by atoms with Crippen molar-refractivity contribution in [3.05, 3.63) is 112 Å². The first-order valence-corrected chi connectivity index (χ1v) is 12.3. The second-order valence-corrected chi connectivity index (χ2v) is 9.40. The Balaban J connectivity index is 1.24. The van der Waals surface area contributed by atoms with Crippen molar-refractivity contribution in [3.8, 4) is 0 Å². The van der Waals surface area contributed by atoms with Crippen LogP contribution < -0.4 is 10.5 Å². The molecule has 1 fully saturated rings. The van der Waals surface area contributed by atoms with Crippen molar-refractivity contribution in [2.24, 2.45) is 0 Å². The first-order valence-electron chi connectivity index (χ1n) is 11.9. The minimum Gasteiger partial charge on any atom is -0.368 e. The van der Waals surface area contributed by atoms with Gasteiger partial charge in [-0.05, 0) is 60.2 Å². The van der Waals surface area contributed by atoms with Crippen LogP contribution in [0, 0.1) is 0 Å². The zero-order valence-electron chi connectivity index (χ0n) is 19.5. The number of rotatable bonds is 4. The van der Waals surface area contributed by atoms with E-state index in [0.29, 0.717) is 41.4 Å². The Morgan fingerprint density at radius 2 is 1.69 bits per heavy atom. The number of carbonyl (C=O) groups excluding carboxylic acids is 1. The largest absolute Gasteiger partial charge is 0.368 e. The van der Waals surface area contributed by atoms with E-state index in [-0.39, 0.29) is 11.5 Å². The maximum atomic E-state index is 13.3. The van der Waals surface area contributed by atoms with Crippen LogP contribution in [0.5, 0.6) is 0 Å².